The van der Waals surface area contributed by atoms with E-state index in [1.165, 1.54) is 4.90 Å². The van der Waals surface area contributed by atoms with Gasteiger partial charge in [-0.2, -0.15) is 0 Å². The van der Waals surface area contributed by atoms with E-state index in [9.17, 15) is 19.5 Å². The van der Waals surface area contributed by atoms with Crippen LogP contribution < -0.4 is 5.32 Å². The Morgan fingerprint density at radius 1 is 1.11 bits per heavy atom. The molecule has 5 rings (SSSR count). The van der Waals surface area contributed by atoms with Crippen molar-refractivity contribution in [3.05, 3.63) is 59.7 Å². The van der Waals surface area contributed by atoms with Crippen molar-refractivity contribution < 1.29 is 24.2 Å². The van der Waals surface area contributed by atoms with Gasteiger partial charge in [-0.3, -0.25) is 4.79 Å². The number of amides is 2. The van der Waals surface area contributed by atoms with Crippen molar-refractivity contribution >= 4 is 18.0 Å². The van der Waals surface area contributed by atoms with Crippen LogP contribution in [0.15, 0.2) is 48.5 Å². The van der Waals surface area contributed by atoms with E-state index in [-0.39, 0.29) is 24.3 Å². The van der Waals surface area contributed by atoms with Gasteiger partial charge in [-0.05, 0) is 53.9 Å². The molecule has 3 aliphatic rings. The SMILES string of the molecule is CCCC[C@H](NC(=O)OCC1c2ccccc2-c2ccccc21)C(=O)N1CCCC2CC21C(=O)O. The third-order valence-corrected chi connectivity index (χ3v) is 7.91. The zero-order valence-corrected chi connectivity index (χ0v) is 20.0. The van der Waals surface area contributed by atoms with Crippen LogP contribution in [0.5, 0.6) is 0 Å². The lowest BCUT2D eigenvalue weighted by atomic mass is 9.98. The Bertz CT molecular complexity index is 1100. The molecule has 2 amide bonds. The fraction of sp³-hybridized carbons (Fsp3) is 0.464. The molecule has 1 heterocycles. The number of benzene rings is 2. The molecule has 35 heavy (non-hydrogen) atoms. The second-order valence-electron chi connectivity index (χ2n) is 9.93. The highest BCUT2D eigenvalue weighted by molar-refractivity contribution is 5.94. The van der Waals surface area contributed by atoms with Crippen LogP contribution in [0, 0.1) is 5.92 Å². The van der Waals surface area contributed by atoms with Crippen molar-refractivity contribution in [1.82, 2.24) is 10.2 Å². The van der Waals surface area contributed by atoms with Crippen LogP contribution >= 0.6 is 0 Å². The van der Waals surface area contributed by atoms with Crippen LogP contribution in [-0.4, -0.2) is 52.7 Å². The molecule has 0 radical (unpaired) electrons. The second-order valence-corrected chi connectivity index (χ2v) is 9.93. The molecule has 2 N–H and O–H groups in total. The van der Waals surface area contributed by atoms with Crippen LogP contribution in [0.3, 0.4) is 0 Å². The zero-order valence-electron chi connectivity index (χ0n) is 20.0. The number of alkyl carbamates (subject to hydrolysis) is 1. The third-order valence-electron chi connectivity index (χ3n) is 7.91. The minimum absolute atomic E-state index is 0.0129. The number of hydrogen-bond acceptors (Lipinski definition) is 4. The number of ether oxygens (including phenoxy) is 1. The molecule has 0 aromatic heterocycles. The van der Waals surface area contributed by atoms with Crippen molar-refractivity contribution in [3.8, 4) is 11.1 Å². The predicted octanol–water partition coefficient (Wildman–Crippen LogP) is 4.55. The van der Waals surface area contributed by atoms with Crippen LogP contribution in [0.1, 0.15) is 62.5 Å². The second kappa shape index (κ2) is 9.36. The summed E-state index contributed by atoms with van der Waals surface area (Å²) >= 11 is 0. The molecule has 0 bridgehead atoms. The summed E-state index contributed by atoms with van der Waals surface area (Å²) in [4.78, 5) is 39.9. The molecule has 0 spiro atoms. The van der Waals surface area contributed by atoms with Crippen LogP contribution in [-0.2, 0) is 14.3 Å². The van der Waals surface area contributed by atoms with Gasteiger partial charge in [0.15, 0.2) is 0 Å². The summed E-state index contributed by atoms with van der Waals surface area (Å²) in [5.74, 6) is -1.30. The quantitative estimate of drug-likeness (QED) is 0.583. The van der Waals surface area contributed by atoms with Crippen LogP contribution in [0.4, 0.5) is 4.79 Å². The fourth-order valence-corrected chi connectivity index (χ4v) is 6.00. The van der Waals surface area contributed by atoms with Crippen LogP contribution in [0.2, 0.25) is 0 Å². The Kier molecular flexibility index (Phi) is 6.26. The number of nitrogens with zero attached hydrogens (tertiary/aromatic N) is 1. The van der Waals surface area contributed by atoms with E-state index < -0.39 is 23.6 Å². The summed E-state index contributed by atoms with van der Waals surface area (Å²) in [5, 5.41) is 12.6. The number of carboxylic acid groups (broad SMARTS) is 1. The summed E-state index contributed by atoms with van der Waals surface area (Å²) in [7, 11) is 0. The summed E-state index contributed by atoms with van der Waals surface area (Å²) in [5.41, 5.74) is 3.45. The minimum atomic E-state index is -1.09. The van der Waals surface area contributed by atoms with Gasteiger partial charge in [0.25, 0.3) is 0 Å². The molecule has 7 nitrogen and oxygen atoms in total. The van der Waals surface area contributed by atoms with Crippen molar-refractivity contribution in [2.45, 2.75) is 62.9 Å². The van der Waals surface area contributed by atoms with Crippen molar-refractivity contribution in [1.29, 1.82) is 0 Å². The Hall–Kier alpha value is -3.35. The number of hydrogen-bond donors (Lipinski definition) is 2. The fourth-order valence-electron chi connectivity index (χ4n) is 6.00. The summed E-state index contributed by atoms with van der Waals surface area (Å²) in [6.07, 6.45) is 3.54. The minimum Gasteiger partial charge on any atom is -0.479 e. The van der Waals surface area contributed by atoms with Crippen molar-refractivity contribution in [2.75, 3.05) is 13.2 Å². The van der Waals surface area contributed by atoms with Gasteiger partial charge in [0.05, 0.1) is 0 Å². The highest BCUT2D eigenvalue weighted by Gasteiger charge is 2.67. The lowest BCUT2D eigenvalue weighted by Gasteiger charge is -2.36. The number of aliphatic carboxylic acids is 1. The molecule has 1 aliphatic heterocycles. The number of carbonyl (C=O) groups excluding carboxylic acids is 2. The molecular weight excluding hydrogens is 444 g/mol. The zero-order chi connectivity index (χ0) is 24.6. The lowest BCUT2D eigenvalue weighted by Crippen LogP contribution is -2.57. The van der Waals surface area contributed by atoms with E-state index in [1.54, 1.807) is 0 Å². The maximum atomic E-state index is 13.5. The number of rotatable bonds is 8. The summed E-state index contributed by atoms with van der Waals surface area (Å²) in [6.45, 7) is 2.60. The smallest absolute Gasteiger partial charge is 0.407 e. The molecule has 7 heteroatoms. The standard InChI is InChI=1S/C28H32N2O5/c1-2-3-14-24(25(31)30-15-8-9-18-16-28(18,30)26(32)33)29-27(34)35-17-23-21-12-6-4-10-19(21)20-11-5-7-13-22(20)23/h4-7,10-13,18,23-24H,2-3,8-9,14-17H2,1H3,(H,29,34)(H,32,33)/t18?,24-,28?/m0/s1. The Morgan fingerprint density at radius 2 is 1.77 bits per heavy atom. The molecule has 184 valence electrons. The maximum absolute atomic E-state index is 13.5. The van der Waals surface area contributed by atoms with Gasteiger partial charge in [-0.1, -0.05) is 68.3 Å². The number of carboxylic acids is 1. The molecule has 1 saturated carbocycles. The number of likely N-dealkylation sites (tertiary alicyclic amines) is 1. The first-order chi connectivity index (χ1) is 17.0. The van der Waals surface area contributed by atoms with Gasteiger partial charge in [-0.15, -0.1) is 0 Å². The van der Waals surface area contributed by atoms with E-state index in [2.05, 4.69) is 29.6 Å². The van der Waals surface area contributed by atoms with E-state index in [0.717, 1.165) is 47.9 Å². The first-order valence-electron chi connectivity index (χ1n) is 12.6. The number of carbonyl (C=O) groups is 3. The summed E-state index contributed by atoms with van der Waals surface area (Å²) in [6, 6.07) is 15.5. The molecule has 2 unspecified atom stereocenters. The van der Waals surface area contributed by atoms with Crippen molar-refractivity contribution in [3.63, 3.8) is 0 Å². The normalized spacial score (nSPS) is 23.0. The van der Waals surface area contributed by atoms with Gasteiger partial charge in [0, 0.05) is 12.5 Å². The lowest BCUT2D eigenvalue weighted by molar-refractivity contribution is -0.155. The first-order valence-corrected chi connectivity index (χ1v) is 12.6. The Labute approximate surface area is 205 Å². The topological polar surface area (TPSA) is 95.9 Å². The summed E-state index contributed by atoms with van der Waals surface area (Å²) < 4.78 is 5.66. The van der Waals surface area contributed by atoms with Gasteiger partial charge in [0.1, 0.15) is 18.2 Å². The van der Waals surface area contributed by atoms with Crippen molar-refractivity contribution in [2.24, 2.45) is 5.92 Å². The van der Waals surface area contributed by atoms with Gasteiger partial charge in [-0.25, -0.2) is 9.59 Å². The number of piperidine rings is 1. The van der Waals surface area contributed by atoms with E-state index in [4.69, 9.17) is 4.74 Å². The number of unbranched alkanes of at least 4 members (excludes halogenated alkanes) is 1. The first kappa shape index (κ1) is 23.4. The highest BCUT2D eigenvalue weighted by atomic mass is 16.5. The number of nitrogens with one attached hydrogen (secondary N) is 1. The molecule has 2 aliphatic carbocycles. The molecule has 3 atom stereocenters. The average molecular weight is 477 g/mol. The van der Waals surface area contributed by atoms with E-state index in [1.807, 2.05) is 31.2 Å². The molecular formula is C28H32N2O5. The predicted molar refractivity (Wildman–Crippen MR) is 131 cm³/mol. The maximum Gasteiger partial charge on any atom is 0.407 e. The van der Waals surface area contributed by atoms with Crippen LogP contribution in [0.25, 0.3) is 11.1 Å². The highest BCUT2D eigenvalue weighted by Crippen LogP contribution is 2.54. The number of fused-ring (bicyclic) bond motifs is 4. The molecule has 2 fully saturated rings. The van der Waals surface area contributed by atoms with E-state index >= 15 is 0 Å². The largest absolute Gasteiger partial charge is 0.479 e. The molecule has 2 aromatic carbocycles. The van der Waals surface area contributed by atoms with Gasteiger partial charge >= 0.3 is 12.1 Å². The molecule has 2 aromatic rings. The van der Waals surface area contributed by atoms with Gasteiger partial charge < -0.3 is 20.1 Å². The van der Waals surface area contributed by atoms with Gasteiger partial charge in [0.2, 0.25) is 5.91 Å². The Balaban J connectivity index is 1.28. The van der Waals surface area contributed by atoms with E-state index in [0.29, 0.717) is 19.4 Å². The Morgan fingerprint density at radius 3 is 2.40 bits per heavy atom. The average Bonchev–Trinajstić information content (AvgIpc) is 3.56. The third kappa shape index (κ3) is 4.07. The monoisotopic (exact) mass is 476 g/mol. The molecule has 1 saturated heterocycles.